The van der Waals surface area contributed by atoms with Crippen molar-refractivity contribution in [3.63, 3.8) is 0 Å². The van der Waals surface area contributed by atoms with Gasteiger partial charge in [-0.2, -0.15) is 25.3 Å². The van der Waals surface area contributed by atoms with Gasteiger partial charge >= 0.3 is 36.3 Å². The molecule has 0 aromatic heterocycles. The fourth-order valence-electron chi connectivity index (χ4n) is 2.63. The third-order valence-corrected chi connectivity index (χ3v) is 8.21. The van der Waals surface area contributed by atoms with Crippen molar-refractivity contribution >= 4 is 30.4 Å². The highest BCUT2D eigenvalue weighted by molar-refractivity contribution is 7.88. The molecular weight excluding hydrogens is 492 g/mol. The molecule has 0 amide bonds. The number of hydrogen-bond acceptors (Lipinski definition) is 9. The molecule has 0 aliphatic carbocycles. The summed E-state index contributed by atoms with van der Waals surface area (Å²) in [7, 11) is -14.2. The van der Waals surface area contributed by atoms with Crippen LogP contribution in [-0.2, 0) is 42.9 Å². The van der Waals surface area contributed by atoms with Gasteiger partial charge in [0.2, 0.25) is 0 Å². The van der Waals surface area contributed by atoms with Gasteiger partial charge in [-0.15, -0.1) is 0 Å². The summed E-state index contributed by atoms with van der Waals surface area (Å²) in [6.07, 6.45) is -0.628. The molecule has 0 saturated heterocycles. The van der Waals surface area contributed by atoms with Crippen LogP contribution in [0.25, 0.3) is 0 Å². The Hall–Kier alpha value is -2.61. The largest absolute Gasteiger partial charge is 0.328 e. The van der Waals surface area contributed by atoms with Crippen molar-refractivity contribution in [2.45, 2.75) is 34.0 Å². The van der Waals surface area contributed by atoms with E-state index in [0.717, 1.165) is 0 Å². The second-order valence-electron chi connectivity index (χ2n) is 6.59. The van der Waals surface area contributed by atoms with Crippen LogP contribution in [0.5, 0.6) is 0 Å². The average Bonchev–Trinajstić information content (AvgIpc) is 2.80. The lowest BCUT2D eigenvalue weighted by Gasteiger charge is -2.29. The molecule has 33 heavy (non-hydrogen) atoms. The minimum absolute atomic E-state index is 0.357. The van der Waals surface area contributed by atoms with Gasteiger partial charge in [-0.3, -0.25) is 0 Å². The fraction of sp³-hybridized carbons (Fsp3) is 0.143. The van der Waals surface area contributed by atoms with Crippen molar-refractivity contribution in [3.8, 4) is 0 Å². The summed E-state index contributed by atoms with van der Waals surface area (Å²) in [5.74, 6) is -3.06. The predicted molar refractivity (Wildman–Crippen MR) is 117 cm³/mol. The third kappa shape index (κ3) is 6.05. The molecule has 176 valence electrons. The highest BCUT2D eigenvalue weighted by Crippen LogP contribution is 2.33. The van der Waals surface area contributed by atoms with Crippen molar-refractivity contribution in [2.75, 3.05) is 0 Å². The van der Waals surface area contributed by atoms with E-state index in [4.69, 9.17) is 12.5 Å². The number of hydrogen-bond donors (Lipinski definition) is 0. The zero-order valence-electron chi connectivity index (χ0n) is 17.3. The first-order chi connectivity index (χ1) is 15.5. The Labute approximate surface area is 192 Å². The molecule has 3 aromatic carbocycles. The Morgan fingerprint density at radius 1 is 0.515 bits per heavy atom. The zero-order chi connectivity index (χ0) is 24.2. The molecule has 0 N–H and O–H groups in total. The molecule has 0 heterocycles. The van der Waals surface area contributed by atoms with Crippen molar-refractivity contribution in [1.29, 1.82) is 0 Å². The molecule has 12 heteroatoms. The molecule has 0 aliphatic heterocycles. The van der Waals surface area contributed by atoms with E-state index in [-0.39, 0.29) is 14.7 Å². The number of benzene rings is 3. The van der Waals surface area contributed by atoms with Crippen molar-refractivity contribution in [3.05, 3.63) is 91.0 Å². The second-order valence-corrected chi connectivity index (χ2v) is 11.2. The Morgan fingerprint density at radius 3 is 0.970 bits per heavy atom. The van der Waals surface area contributed by atoms with E-state index < -0.39 is 42.7 Å². The second kappa shape index (κ2) is 9.71. The first kappa shape index (κ1) is 25.0. The minimum atomic E-state index is -4.72. The van der Waals surface area contributed by atoms with Crippen LogP contribution in [0.1, 0.15) is 13.3 Å². The monoisotopic (exact) mass is 512 g/mol. The fourth-order valence-corrected chi connectivity index (χ4v) is 6.08. The molecular formula is C21H20O9S3. The summed E-state index contributed by atoms with van der Waals surface area (Å²) in [4.78, 5) is -1.07. The smallest absolute Gasteiger partial charge is 0.203 e. The van der Waals surface area contributed by atoms with Gasteiger partial charge in [-0.05, 0) is 36.4 Å². The lowest BCUT2D eigenvalue weighted by molar-refractivity contribution is -0.245. The van der Waals surface area contributed by atoms with E-state index in [1.165, 1.54) is 79.7 Å². The van der Waals surface area contributed by atoms with E-state index in [2.05, 4.69) is 0 Å². The summed E-state index contributed by atoms with van der Waals surface area (Å²) in [6, 6.07) is 20.2. The molecule has 3 rings (SSSR count). The van der Waals surface area contributed by atoms with Gasteiger partial charge in [-0.1, -0.05) is 61.5 Å². The SMILES string of the molecule is CCC(OS(=O)(=O)c1ccccc1)(OS(=O)(=O)c1ccccc1)OS(=O)(=O)c1ccccc1. The van der Waals surface area contributed by atoms with E-state index in [9.17, 15) is 25.3 Å². The maximum Gasteiger partial charge on any atom is 0.328 e. The van der Waals surface area contributed by atoms with Crippen LogP contribution >= 0.6 is 0 Å². The Kier molecular flexibility index (Phi) is 7.36. The van der Waals surface area contributed by atoms with Gasteiger partial charge in [0.15, 0.2) is 0 Å². The van der Waals surface area contributed by atoms with E-state index >= 15 is 0 Å². The van der Waals surface area contributed by atoms with Gasteiger partial charge < -0.3 is 0 Å². The molecule has 0 aliphatic rings. The van der Waals surface area contributed by atoms with Crippen LogP contribution in [0.4, 0.5) is 0 Å². The number of rotatable bonds is 10. The molecule has 0 spiro atoms. The predicted octanol–water partition coefficient (Wildman–Crippen LogP) is 3.27. The lowest BCUT2D eigenvalue weighted by Crippen LogP contribution is -2.44. The van der Waals surface area contributed by atoms with Crippen LogP contribution in [0.3, 0.4) is 0 Å². The van der Waals surface area contributed by atoms with Crippen LogP contribution in [-0.4, -0.2) is 31.2 Å². The Bertz CT molecular complexity index is 1210. The van der Waals surface area contributed by atoms with Crippen LogP contribution in [0.2, 0.25) is 0 Å². The zero-order valence-corrected chi connectivity index (χ0v) is 19.7. The van der Waals surface area contributed by atoms with Gasteiger partial charge in [0, 0.05) is 6.42 Å². The van der Waals surface area contributed by atoms with E-state index in [1.54, 1.807) is 18.2 Å². The topological polar surface area (TPSA) is 130 Å². The summed E-state index contributed by atoms with van der Waals surface area (Å²) < 4.78 is 92.4. The summed E-state index contributed by atoms with van der Waals surface area (Å²) in [6.45, 7) is 1.25. The molecule has 0 bridgehead atoms. The van der Waals surface area contributed by atoms with Gasteiger partial charge in [0.25, 0.3) is 0 Å². The maximum atomic E-state index is 12.9. The summed E-state index contributed by atoms with van der Waals surface area (Å²) in [5, 5.41) is 0. The van der Waals surface area contributed by atoms with Crippen LogP contribution in [0.15, 0.2) is 106 Å². The van der Waals surface area contributed by atoms with E-state index in [1.807, 2.05) is 0 Å². The average molecular weight is 513 g/mol. The van der Waals surface area contributed by atoms with Crippen molar-refractivity contribution in [1.82, 2.24) is 0 Å². The third-order valence-electron chi connectivity index (χ3n) is 4.24. The van der Waals surface area contributed by atoms with Gasteiger partial charge in [0.05, 0.1) is 14.7 Å². The molecule has 0 atom stereocenters. The van der Waals surface area contributed by atoms with Gasteiger partial charge in [0.1, 0.15) is 0 Å². The molecule has 0 saturated carbocycles. The molecule has 3 aromatic rings. The first-order valence-electron chi connectivity index (χ1n) is 9.52. The summed E-state index contributed by atoms with van der Waals surface area (Å²) >= 11 is 0. The highest BCUT2D eigenvalue weighted by Gasteiger charge is 2.47. The Balaban J connectivity index is 2.10. The van der Waals surface area contributed by atoms with Gasteiger partial charge in [-0.25, -0.2) is 12.5 Å². The minimum Gasteiger partial charge on any atom is -0.203 e. The van der Waals surface area contributed by atoms with Crippen molar-refractivity contribution in [2.24, 2.45) is 0 Å². The quantitative estimate of drug-likeness (QED) is 0.297. The first-order valence-corrected chi connectivity index (χ1v) is 13.7. The summed E-state index contributed by atoms with van der Waals surface area (Å²) in [5.41, 5.74) is 0. The standard InChI is InChI=1S/C21H20O9S3/c1-2-21(28-31(22,23)18-12-6-3-7-13-18,29-32(24,25)19-14-8-4-9-15-19)30-33(26,27)20-16-10-5-11-17-20/h3-17H,2H2,1H3. The molecule has 0 radical (unpaired) electrons. The van der Waals surface area contributed by atoms with E-state index in [0.29, 0.717) is 0 Å². The van der Waals surface area contributed by atoms with Crippen molar-refractivity contribution < 1.29 is 37.8 Å². The normalized spacial score (nSPS) is 13.0. The van der Waals surface area contributed by atoms with Crippen LogP contribution < -0.4 is 0 Å². The maximum absolute atomic E-state index is 12.9. The molecule has 9 nitrogen and oxygen atoms in total. The van der Waals surface area contributed by atoms with Crippen LogP contribution in [0, 0.1) is 0 Å². The Morgan fingerprint density at radius 2 is 0.758 bits per heavy atom. The lowest BCUT2D eigenvalue weighted by atomic mass is 10.4. The highest BCUT2D eigenvalue weighted by atomic mass is 32.2. The molecule has 0 fully saturated rings. The molecule has 0 unspecified atom stereocenters.